The number of aryl methyl sites for hydroxylation is 1. The van der Waals surface area contributed by atoms with Crippen LogP contribution in [0.3, 0.4) is 0 Å². The van der Waals surface area contributed by atoms with E-state index in [1.54, 1.807) is 0 Å². The first-order valence-electron chi connectivity index (χ1n) is 7.73. The third-order valence-corrected chi connectivity index (χ3v) is 4.06. The number of hydrogen-bond donors (Lipinski definition) is 0. The Hall–Kier alpha value is -1.91. The molecule has 3 rings (SSSR count). The van der Waals surface area contributed by atoms with E-state index in [2.05, 4.69) is 45.8 Å². The molecule has 0 radical (unpaired) electrons. The maximum atomic E-state index is 4.74. The van der Waals surface area contributed by atoms with E-state index in [1.807, 2.05) is 19.2 Å². The van der Waals surface area contributed by atoms with Gasteiger partial charge in [-0.25, -0.2) is 9.97 Å². The third kappa shape index (κ3) is 3.06. The molecular weight excluding hydrogens is 262 g/mol. The van der Waals surface area contributed by atoms with Crippen LogP contribution in [0.2, 0.25) is 0 Å². The number of rotatable bonds is 3. The maximum absolute atomic E-state index is 4.74. The SMILES string of the molecule is Cc1cc(N2CCC(n3cccn3)CC2)nc(C(C)C)n1. The molecule has 1 saturated heterocycles. The van der Waals surface area contributed by atoms with Gasteiger partial charge in [0.25, 0.3) is 0 Å². The fourth-order valence-electron chi connectivity index (χ4n) is 2.85. The maximum Gasteiger partial charge on any atom is 0.133 e. The van der Waals surface area contributed by atoms with Crippen LogP contribution in [-0.4, -0.2) is 32.8 Å². The molecule has 5 nitrogen and oxygen atoms in total. The lowest BCUT2D eigenvalue weighted by Gasteiger charge is -2.33. The van der Waals surface area contributed by atoms with Crippen molar-refractivity contribution >= 4 is 5.82 Å². The molecule has 0 bridgehead atoms. The van der Waals surface area contributed by atoms with E-state index >= 15 is 0 Å². The molecule has 3 heterocycles. The minimum Gasteiger partial charge on any atom is -0.356 e. The van der Waals surface area contributed by atoms with Crippen LogP contribution < -0.4 is 4.90 Å². The molecule has 0 aromatic carbocycles. The van der Waals surface area contributed by atoms with Crippen LogP contribution in [0.4, 0.5) is 5.82 Å². The predicted octanol–water partition coefficient (Wildman–Crippen LogP) is 2.95. The average molecular weight is 285 g/mol. The highest BCUT2D eigenvalue weighted by Gasteiger charge is 2.22. The van der Waals surface area contributed by atoms with Crippen molar-refractivity contribution in [2.24, 2.45) is 0 Å². The highest BCUT2D eigenvalue weighted by molar-refractivity contribution is 5.40. The minimum atomic E-state index is 0.366. The highest BCUT2D eigenvalue weighted by atomic mass is 15.3. The summed E-state index contributed by atoms with van der Waals surface area (Å²) in [5.41, 5.74) is 1.05. The smallest absolute Gasteiger partial charge is 0.133 e. The fraction of sp³-hybridized carbons (Fsp3) is 0.562. The Balaban J connectivity index is 1.72. The zero-order chi connectivity index (χ0) is 14.8. The van der Waals surface area contributed by atoms with Gasteiger partial charge < -0.3 is 4.90 Å². The Bertz CT molecular complexity index is 583. The summed E-state index contributed by atoms with van der Waals surface area (Å²) in [7, 11) is 0. The largest absolute Gasteiger partial charge is 0.356 e. The van der Waals surface area contributed by atoms with Gasteiger partial charge in [0, 0.05) is 43.2 Å². The van der Waals surface area contributed by atoms with Crippen molar-refractivity contribution in [3.63, 3.8) is 0 Å². The highest BCUT2D eigenvalue weighted by Crippen LogP contribution is 2.26. The van der Waals surface area contributed by atoms with Crippen LogP contribution in [0.15, 0.2) is 24.5 Å². The van der Waals surface area contributed by atoms with Crippen molar-refractivity contribution in [1.82, 2.24) is 19.7 Å². The van der Waals surface area contributed by atoms with E-state index < -0.39 is 0 Å². The molecule has 0 amide bonds. The Morgan fingerprint density at radius 3 is 2.57 bits per heavy atom. The standard InChI is InChI=1S/C16H23N5/c1-12(2)16-18-13(3)11-15(19-16)20-9-5-14(6-10-20)21-8-4-7-17-21/h4,7-8,11-12,14H,5-6,9-10H2,1-3H3. The Morgan fingerprint density at radius 1 is 1.19 bits per heavy atom. The number of aromatic nitrogens is 4. The van der Waals surface area contributed by atoms with Gasteiger partial charge in [0.1, 0.15) is 11.6 Å². The second-order valence-electron chi connectivity index (χ2n) is 6.08. The Morgan fingerprint density at radius 2 is 1.95 bits per heavy atom. The molecule has 5 heteroatoms. The van der Waals surface area contributed by atoms with E-state index in [4.69, 9.17) is 4.98 Å². The quantitative estimate of drug-likeness (QED) is 0.870. The summed E-state index contributed by atoms with van der Waals surface area (Å²) in [6.45, 7) is 8.38. The number of piperidine rings is 1. The summed E-state index contributed by atoms with van der Waals surface area (Å²) in [6.07, 6.45) is 6.14. The van der Waals surface area contributed by atoms with Crippen LogP contribution in [-0.2, 0) is 0 Å². The lowest BCUT2D eigenvalue weighted by molar-refractivity contribution is 0.365. The van der Waals surface area contributed by atoms with Gasteiger partial charge in [-0.05, 0) is 25.8 Å². The predicted molar refractivity (Wildman–Crippen MR) is 83.6 cm³/mol. The van der Waals surface area contributed by atoms with Crippen LogP contribution in [0, 0.1) is 6.92 Å². The molecule has 1 fully saturated rings. The molecule has 1 aliphatic heterocycles. The van der Waals surface area contributed by atoms with E-state index in [1.165, 1.54) is 0 Å². The van der Waals surface area contributed by atoms with Gasteiger partial charge in [0.2, 0.25) is 0 Å². The third-order valence-electron chi connectivity index (χ3n) is 4.06. The molecule has 0 saturated carbocycles. The minimum absolute atomic E-state index is 0.366. The van der Waals surface area contributed by atoms with Crippen molar-refractivity contribution in [3.8, 4) is 0 Å². The van der Waals surface area contributed by atoms with Crippen LogP contribution in [0.1, 0.15) is 50.2 Å². The van der Waals surface area contributed by atoms with Gasteiger partial charge in [-0.3, -0.25) is 4.68 Å². The summed E-state index contributed by atoms with van der Waals surface area (Å²) in [6, 6.07) is 4.61. The van der Waals surface area contributed by atoms with Crippen LogP contribution in [0.25, 0.3) is 0 Å². The van der Waals surface area contributed by atoms with Crippen LogP contribution >= 0.6 is 0 Å². The van der Waals surface area contributed by atoms with Crippen molar-refractivity contribution in [1.29, 1.82) is 0 Å². The van der Waals surface area contributed by atoms with E-state index in [9.17, 15) is 0 Å². The normalized spacial score (nSPS) is 16.7. The second kappa shape index (κ2) is 5.84. The molecule has 1 aliphatic rings. The molecule has 2 aromatic heterocycles. The van der Waals surface area contributed by atoms with Gasteiger partial charge in [0.05, 0.1) is 6.04 Å². The van der Waals surface area contributed by atoms with Gasteiger partial charge >= 0.3 is 0 Å². The molecule has 0 unspecified atom stereocenters. The molecule has 112 valence electrons. The summed E-state index contributed by atoms with van der Waals surface area (Å²) in [5.74, 6) is 2.38. The molecule has 0 N–H and O–H groups in total. The molecule has 2 aromatic rings. The zero-order valence-corrected chi connectivity index (χ0v) is 13.0. The summed E-state index contributed by atoms with van der Waals surface area (Å²) in [5, 5.41) is 4.36. The monoisotopic (exact) mass is 285 g/mol. The molecule has 21 heavy (non-hydrogen) atoms. The van der Waals surface area contributed by atoms with Gasteiger partial charge in [0.15, 0.2) is 0 Å². The summed E-state index contributed by atoms with van der Waals surface area (Å²) < 4.78 is 2.09. The first kappa shape index (κ1) is 14.0. The second-order valence-corrected chi connectivity index (χ2v) is 6.08. The molecule has 0 aliphatic carbocycles. The van der Waals surface area contributed by atoms with E-state index in [-0.39, 0.29) is 0 Å². The van der Waals surface area contributed by atoms with Crippen LogP contribution in [0.5, 0.6) is 0 Å². The fourth-order valence-corrected chi connectivity index (χ4v) is 2.85. The van der Waals surface area contributed by atoms with Gasteiger partial charge in [-0.1, -0.05) is 13.8 Å². The van der Waals surface area contributed by atoms with E-state index in [0.717, 1.165) is 43.3 Å². The van der Waals surface area contributed by atoms with E-state index in [0.29, 0.717) is 12.0 Å². The molecular formula is C16H23N5. The first-order chi connectivity index (χ1) is 10.1. The first-order valence-corrected chi connectivity index (χ1v) is 7.73. The average Bonchev–Trinajstić information content (AvgIpc) is 3.01. The van der Waals surface area contributed by atoms with Gasteiger partial charge in [-0.15, -0.1) is 0 Å². The number of anilines is 1. The molecule has 0 spiro atoms. The summed E-state index contributed by atoms with van der Waals surface area (Å²) >= 11 is 0. The summed E-state index contributed by atoms with van der Waals surface area (Å²) in [4.78, 5) is 11.6. The van der Waals surface area contributed by atoms with Crippen molar-refractivity contribution < 1.29 is 0 Å². The van der Waals surface area contributed by atoms with Crippen molar-refractivity contribution in [2.45, 2.75) is 45.6 Å². The number of hydrogen-bond acceptors (Lipinski definition) is 4. The van der Waals surface area contributed by atoms with Crippen molar-refractivity contribution in [2.75, 3.05) is 18.0 Å². The Kier molecular flexibility index (Phi) is 3.90. The zero-order valence-electron chi connectivity index (χ0n) is 13.0. The van der Waals surface area contributed by atoms with Crippen molar-refractivity contribution in [3.05, 3.63) is 36.0 Å². The lowest BCUT2D eigenvalue weighted by Crippen LogP contribution is -2.35. The number of nitrogens with zero attached hydrogens (tertiary/aromatic N) is 5. The Labute approximate surface area is 126 Å². The topological polar surface area (TPSA) is 46.8 Å². The van der Waals surface area contributed by atoms with Gasteiger partial charge in [-0.2, -0.15) is 5.10 Å². The lowest BCUT2D eigenvalue weighted by atomic mass is 10.1. The molecule has 0 atom stereocenters.